The lowest BCUT2D eigenvalue weighted by molar-refractivity contribution is 0.103. The summed E-state index contributed by atoms with van der Waals surface area (Å²) in [7, 11) is 0. The number of hydrogen-bond donors (Lipinski definition) is 0. The topological polar surface area (TPSA) is 30.0 Å². The molecule has 0 saturated carbocycles. The lowest BCUT2D eigenvalue weighted by Gasteiger charge is -2.06. The second kappa shape index (κ2) is 5.66. The van der Waals surface area contributed by atoms with E-state index < -0.39 is 0 Å². The monoisotopic (exact) mass is 271 g/mol. The number of carbonyl (C=O) groups is 1. The van der Waals surface area contributed by atoms with Crippen LogP contribution in [0.3, 0.4) is 0 Å². The molecule has 0 atom stereocenters. The first-order chi connectivity index (χ1) is 9.34. The number of nitrogens with zero attached hydrogens (tertiary/aromatic N) is 1. The van der Waals surface area contributed by atoms with Gasteiger partial charge >= 0.3 is 0 Å². The van der Waals surface area contributed by atoms with E-state index in [2.05, 4.69) is 4.98 Å². The standard InChI is InChI=1S/C16H17NOS/c18-15(12-8-4-3-5-9-12)16-17-13-10-6-1-2-7-11-14(13)19-16/h3-5,8-9H,1-2,6-7,10-11H2. The first-order valence-electron chi connectivity index (χ1n) is 6.93. The van der Waals surface area contributed by atoms with Crippen LogP contribution in [0.2, 0.25) is 0 Å². The Kier molecular flexibility index (Phi) is 3.74. The largest absolute Gasteiger partial charge is 0.286 e. The van der Waals surface area contributed by atoms with Gasteiger partial charge in [0.1, 0.15) is 0 Å². The third-order valence-corrected chi connectivity index (χ3v) is 4.73. The predicted octanol–water partition coefficient (Wildman–Crippen LogP) is 4.03. The molecule has 98 valence electrons. The highest BCUT2D eigenvalue weighted by atomic mass is 32.1. The van der Waals surface area contributed by atoms with Crippen LogP contribution in [0.1, 0.15) is 51.6 Å². The molecule has 0 N–H and O–H groups in total. The molecule has 0 aliphatic heterocycles. The minimum absolute atomic E-state index is 0.0670. The maximum atomic E-state index is 12.4. The summed E-state index contributed by atoms with van der Waals surface area (Å²) in [6, 6.07) is 9.45. The molecule has 0 bridgehead atoms. The van der Waals surface area contributed by atoms with Crippen molar-refractivity contribution < 1.29 is 4.79 Å². The summed E-state index contributed by atoms with van der Waals surface area (Å²) in [5.74, 6) is 0.0670. The lowest BCUT2D eigenvalue weighted by Crippen LogP contribution is -2.01. The molecule has 0 spiro atoms. The van der Waals surface area contributed by atoms with Gasteiger partial charge in [-0.3, -0.25) is 4.79 Å². The van der Waals surface area contributed by atoms with Crippen LogP contribution < -0.4 is 0 Å². The third kappa shape index (κ3) is 2.76. The van der Waals surface area contributed by atoms with Crippen LogP contribution >= 0.6 is 11.3 Å². The minimum atomic E-state index is 0.0670. The van der Waals surface area contributed by atoms with Gasteiger partial charge in [0.25, 0.3) is 0 Å². The van der Waals surface area contributed by atoms with E-state index in [0.717, 1.165) is 18.4 Å². The first kappa shape index (κ1) is 12.5. The summed E-state index contributed by atoms with van der Waals surface area (Å²) in [4.78, 5) is 18.3. The molecule has 19 heavy (non-hydrogen) atoms. The van der Waals surface area contributed by atoms with Crippen molar-refractivity contribution in [2.24, 2.45) is 0 Å². The zero-order valence-corrected chi connectivity index (χ0v) is 11.7. The van der Waals surface area contributed by atoms with Gasteiger partial charge < -0.3 is 0 Å². The normalized spacial score (nSPS) is 15.4. The van der Waals surface area contributed by atoms with Crippen LogP contribution in [-0.4, -0.2) is 10.8 Å². The Morgan fingerprint density at radius 1 is 1.00 bits per heavy atom. The highest BCUT2D eigenvalue weighted by molar-refractivity contribution is 7.14. The fourth-order valence-electron chi connectivity index (χ4n) is 2.52. The van der Waals surface area contributed by atoms with Crippen molar-refractivity contribution in [3.8, 4) is 0 Å². The van der Waals surface area contributed by atoms with Gasteiger partial charge in [0.2, 0.25) is 5.78 Å². The smallest absolute Gasteiger partial charge is 0.221 e. The molecule has 1 aliphatic carbocycles. The van der Waals surface area contributed by atoms with Crippen molar-refractivity contribution in [1.82, 2.24) is 4.98 Å². The molecule has 2 aromatic rings. The molecule has 0 fully saturated rings. The van der Waals surface area contributed by atoms with Crippen molar-refractivity contribution in [1.29, 1.82) is 0 Å². The van der Waals surface area contributed by atoms with Gasteiger partial charge in [-0.2, -0.15) is 0 Å². The van der Waals surface area contributed by atoms with Crippen LogP contribution in [0, 0.1) is 0 Å². The number of hydrogen-bond acceptors (Lipinski definition) is 3. The van der Waals surface area contributed by atoms with E-state index in [0.29, 0.717) is 5.01 Å². The highest BCUT2D eigenvalue weighted by Gasteiger charge is 2.18. The average Bonchev–Trinajstić information content (AvgIpc) is 2.81. The SMILES string of the molecule is O=C(c1ccccc1)c1nc2c(s1)CCCCCC2. The molecule has 0 saturated heterocycles. The van der Waals surface area contributed by atoms with E-state index in [1.807, 2.05) is 30.3 Å². The van der Waals surface area contributed by atoms with Gasteiger partial charge in [0.15, 0.2) is 5.01 Å². The number of carbonyl (C=O) groups excluding carboxylic acids is 1. The lowest BCUT2D eigenvalue weighted by atomic mass is 10.0. The fraction of sp³-hybridized carbons (Fsp3) is 0.375. The molecule has 1 heterocycles. The Morgan fingerprint density at radius 3 is 2.53 bits per heavy atom. The molecule has 3 rings (SSSR count). The van der Waals surface area contributed by atoms with Gasteiger partial charge in [-0.15, -0.1) is 11.3 Å². The van der Waals surface area contributed by atoms with Crippen LogP contribution in [0.4, 0.5) is 0 Å². The highest BCUT2D eigenvalue weighted by Crippen LogP contribution is 2.26. The van der Waals surface area contributed by atoms with Crippen molar-refractivity contribution >= 4 is 17.1 Å². The molecular weight excluding hydrogens is 254 g/mol. The summed E-state index contributed by atoms with van der Waals surface area (Å²) >= 11 is 1.60. The number of fused-ring (bicyclic) bond motifs is 1. The zero-order chi connectivity index (χ0) is 13.1. The van der Waals surface area contributed by atoms with Gasteiger partial charge in [0.05, 0.1) is 5.69 Å². The summed E-state index contributed by atoms with van der Waals surface area (Å²) in [5, 5.41) is 0.665. The predicted molar refractivity (Wildman–Crippen MR) is 77.9 cm³/mol. The van der Waals surface area contributed by atoms with E-state index in [9.17, 15) is 4.79 Å². The number of rotatable bonds is 2. The molecule has 0 amide bonds. The summed E-state index contributed by atoms with van der Waals surface area (Å²) in [5.41, 5.74) is 1.91. The molecule has 1 aromatic carbocycles. The number of benzene rings is 1. The molecule has 0 radical (unpaired) electrons. The maximum absolute atomic E-state index is 12.4. The van der Waals surface area contributed by atoms with Gasteiger partial charge in [-0.05, 0) is 25.7 Å². The van der Waals surface area contributed by atoms with Crippen LogP contribution in [0.15, 0.2) is 30.3 Å². The van der Waals surface area contributed by atoms with E-state index in [-0.39, 0.29) is 5.78 Å². The van der Waals surface area contributed by atoms with Gasteiger partial charge in [0, 0.05) is 10.4 Å². The van der Waals surface area contributed by atoms with E-state index >= 15 is 0 Å². The zero-order valence-electron chi connectivity index (χ0n) is 10.9. The van der Waals surface area contributed by atoms with Crippen molar-refractivity contribution in [2.45, 2.75) is 38.5 Å². The van der Waals surface area contributed by atoms with Gasteiger partial charge in [-0.1, -0.05) is 43.2 Å². The molecule has 0 unspecified atom stereocenters. The molecule has 1 aromatic heterocycles. The summed E-state index contributed by atoms with van der Waals surface area (Å²) in [6.07, 6.45) is 7.16. The molecular formula is C16H17NOS. The quantitative estimate of drug-likeness (QED) is 0.772. The Hall–Kier alpha value is -1.48. The van der Waals surface area contributed by atoms with Gasteiger partial charge in [-0.25, -0.2) is 4.98 Å². The summed E-state index contributed by atoms with van der Waals surface area (Å²) in [6.45, 7) is 0. The Morgan fingerprint density at radius 2 is 1.74 bits per heavy atom. The average molecular weight is 271 g/mol. The molecule has 3 heteroatoms. The first-order valence-corrected chi connectivity index (χ1v) is 7.74. The maximum Gasteiger partial charge on any atom is 0.221 e. The molecule has 2 nitrogen and oxygen atoms in total. The van der Waals surface area contributed by atoms with E-state index in [4.69, 9.17) is 0 Å². The van der Waals surface area contributed by atoms with E-state index in [1.165, 1.54) is 36.3 Å². The van der Waals surface area contributed by atoms with Crippen molar-refractivity contribution in [3.63, 3.8) is 0 Å². The van der Waals surface area contributed by atoms with E-state index in [1.54, 1.807) is 11.3 Å². The van der Waals surface area contributed by atoms with Crippen molar-refractivity contribution in [2.75, 3.05) is 0 Å². The summed E-state index contributed by atoms with van der Waals surface area (Å²) < 4.78 is 0. The number of thiazole rings is 1. The Labute approximate surface area is 117 Å². The van der Waals surface area contributed by atoms with Crippen LogP contribution in [-0.2, 0) is 12.8 Å². The third-order valence-electron chi connectivity index (χ3n) is 3.58. The van der Waals surface area contributed by atoms with Crippen molar-refractivity contribution in [3.05, 3.63) is 51.5 Å². The van der Waals surface area contributed by atoms with Crippen LogP contribution in [0.25, 0.3) is 0 Å². The number of ketones is 1. The Balaban J connectivity index is 1.89. The number of aromatic nitrogens is 1. The number of aryl methyl sites for hydroxylation is 2. The second-order valence-corrected chi connectivity index (χ2v) is 6.08. The molecule has 1 aliphatic rings. The second-order valence-electron chi connectivity index (χ2n) is 5.00. The minimum Gasteiger partial charge on any atom is -0.286 e. The fourth-order valence-corrected chi connectivity index (χ4v) is 3.63. The van der Waals surface area contributed by atoms with Crippen LogP contribution in [0.5, 0.6) is 0 Å². The Bertz CT molecular complexity index is 548.